The summed E-state index contributed by atoms with van der Waals surface area (Å²) >= 11 is 0. The molecular formula is C20H24N2O4. The minimum absolute atomic E-state index is 0.294. The van der Waals surface area contributed by atoms with Crippen LogP contribution in [0.3, 0.4) is 0 Å². The van der Waals surface area contributed by atoms with Gasteiger partial charge in [-0.15, -0.1) is 0 Å². The van der Waals surface area contributed by atoms with Gasteiger partial charge in [-0.2, -0.15) is 5.10 Å². The molecule has 6 heteroatoms. The molecule has 0 aliphatic heterocycles. The van der Waals surface area contributed by atoms with Gasteiger partial charge in [-0.3, -0.25) is 4.79 Å². The van der Waals surface area contributed by atoms with Crippen molar-refractivity contribution in [3.05, 3.63) is 53.6 Å². The predicted molar refractivity (Wildman–Crippen MR) is 101 cm³/mol. The first-order chi connectivity index (χ1) is 12.5. The minimum Gasteiger partial charge on any atom is -0.493 e. The van der Waals surface area contributed by atoms with Crippen LogP contribution in [-0.4, -0.2) is 32.9 Å². The molecule has 0 atom stereocenters. The third-order valence-electron chi connectivity index (χ3n) is 3.49. The molecule has 2 aromatic rings. The third-order valence-corrected chi connectivity index (χ3v) is 3.49. The molecule has 0 aromatic heterocycles. The molecule has 1 N–H and O–H groups in total. The molecule has 0 saturated heterocycles. The molecule has 0 aliphatic rings. The molecule has 2 aromatic carbocycles. The van der Waals surface area contributed by atoms with E-state index in [4.69, 9.17) is 14.2 Å². The highest BCUT2D eigenvalue weighted by atomic mass is 16.5. The Hall–Kier alpha value is -3.02. The number of carbonyl (C=O) groups excluding carboxylic acids is 1. The van der Waals surface area contributed by atoms with Gasteiger partial charge in [0.05, 0.1) is 27.0 Å². The summed E-state index contributed by atoms with van der Waals surface area (Å²) in [6, 6.07) is 12.3. The van der Waals surface area contributed by atoms with Gasteiger partial charge in [0.1, 0.15) is 5.75 Å². The first-order valence-electron chi connectivity index (χ1n) is 8.31. The normalized spacial score (nSPS) is 10.8. The summed E-state index contributed by atoms with van der Waals surface area (Å²) in [6.07, 6.45) is 1.54. The van der Waals surface area contributed by atoms with Crippen LogP contribution in [0.1, 0.15) is 29.8 Å². The summed E-state index contributed by atoms with van der Waals surface area (Å²) in [7, 11) is 3.14. The van der Waals surface area contributed by atoms with Gasteiger partial charge in [-0.1, -0.05) is 13.8 Å². The fourth-order valence-electron chi connectivity index (χ4n) is 2.13. The van der Waals surface area contributed by atoms with Crippen LogP contribution in [-0.2, 0) is 0 Å². The van der Waals surface area contributed by atoms with Crippen LogP contribution < -0.4 is 19.6 Å². The second kappa shape index (κ2) is 9.46. The average Bonchev–Trinajstić information content (AvgIpc) is 2.66. The van der Waals surface area contributed by atoms with Crippen molar-refractivity contribution in [2.24, 2.45) is 11.0 Å². The van der Waals surface area contributed by atoms with E-state index in [0.717, 1.165) is 11.3 Å². The highest BCUT2D eigenvalue weighted by Crippen LogP contribution is 2.26. The molecule has 0 fully saturated rings. The molecule has 0 spiro atoms. The van der Waals surface area contributed by atoms with E-state index in [1.807, 2.05) is 6.07 Å². The summed E-state index contributed by atoms with van der Waals surface area (Å²) in [5, 5.41) is 3.98. The van der Waals surface area contributed by atoms with E-state index >= 15 is 0 Å². The number of nitrogens with one attached hydrogen (secondary N) is 1. The molecule has 0 unspecified atom stereocenters. The van der Waals surface area contributed by atoms with Gasteiger partial charge >= 0.3 is 0 Å². The Labute approximate surface area is 153 Å². The van der Waals surface area contributed by atoms with Gasteiger partial charge < -0.3 is 14.2 Å². The molecular weight excluding hydrogens is 332 g/mol. The van der Waals surface area contributed by atoms with Crippen molar-refractivity contribution in [2.45, 2.75) is 13.8 Å². The van der Waals surface area contributed by atoms with Gasteiger partial charge in [0.2, 0.25) is 0 Å². The van der Waals surface area contributed by atoms with Gasteiger partial charge in [-0.25, -0.2) is 5.43 Å². The van der Waals surface area contributed by atoms with E-state index in [1.165, 1.54) is 0 Å². The lowest BCUT2D eigenvalue weighted by Crippen LogP contribution is -2.17. The van der Waals surface area contributed by atoms with Gasteiger partial charge in [-0.05, 0) is 53.9 Å². The molecule has 0 bridgehead atoms. The highest BCUT2D eigenvalue weighted by molar-refractivity contribution is 5.95. The molecule has 2 rings (SSSR count). The van der Waals surface area contributed by atoms with Crippen LogP contribution in [0.4, 0.5) is 0 Å². The predicted octanol–water partition coefficient (Wildman–Crippen LogP) is 3.50. The second-order valence-electron chi connectivity index (χ2n) is 6.04. The van der Waals surface area contributed by atoms with E-state index in [9.17, 15) is 4.79 Å². The zero-order chi connectivity index (χ0) is 18.9. The van der Waals surface area contributed by atoms with E-state index in [0.29, 0.717) is 29.6 Å². The molecule has 138 valence electrons. The second-order valence-corrected chi connectivity index (χ2v) is 6.04. The Bertz CT molecular complexity index is 755. The number of hydrazone groups is 1. The number of hydrogen-bond donors (Lipinski definition) is 1. The number of benzene rings is 2. The molecule has 0 heterocycles. The number of ether oxygens (including phenoxy) is 3. The topological polar surface area (TPSA) is 69.2 Å². The monoisotopic (exact) mass is 356 g/mol. The van der Waals surface area contributed by atoms with Gasteiger partial charge in [0, 0.05) is 5.56 Å². The van der Waals surface area contributed by atoms with Crippen molar-refractivity contribution >= 4 is 12.1 Å². The summed E-state index contributed by atoms with van der Waals surface area (Å²) in [4.78, 5) is 12.1. The fourth-order valence-corrected chi connectivity index (χ4v) is 2.13. The van der Waals surface area contributed by atoms with Gasteiger partial charge in [0.25, 0.3) is 5.91 Å². The summed E-state index contributed by atoms with van der Waals surface area (Å²) in [5.41, 5.74) is 3.78. The van der Waals surface area contributed by atoms with Crippen LogP contribution in [0.25, 0.3) is 0 Å². The Morgan fingerprint density at radius 2 is 1.77 bits per heavy atom. The van der Waals surface area contributed by atoms with Crippen molar-refractivity contribution in [1.82, 2.24) is 5.43 Å². The summed E-state index contributed by atoms with van der Waals surface area (Å²) in [6.45, 7) is 4.80. The van der Waals surface area contributed by atoms with Crippen LogP contribution in [0.2, 0.25) is 0 Å². The summed E-state index contributed by atoms with van der Waals surface area (Å²) < 4.78 is 16.0. The lowest BCUT2D eigenvalue weighted by atomic mass is 10.2. The molecule has 6 nitrogen and oxygen atoms in total. The first kappa shape index (κ1) is 19.3. The molecule has 0 saturated carbocycles. The molecule has 0 aliphatic carbocycles. The largest absolute Gasteiger partial charge is 0.493 e. The lowest BCUT2D eigenvalue weighted by Gasteiger charge is -2.09. The number of rotatable bonds is 8. The Kier molecular flexibility index (Phi) is 7.02. The number of nitrogens with zero attached hydrogens (tertiary/aromatic N) is 1. The Morgan fingerprint density at radius 1 is 1.08 bits per heavy atom. The molecule has 26 heavy (non-hydrogen) atoms. The Morgan fingerprint density at radius 3 is 2.38 bits per heavy atom. The SMILES string of the molecule is COc1ccc(C=NNC(=O)c2ccc(OCC(C)C)cc2)cc1OC. The zero-order valence-electron chi connectivity index (χ0n) is 15.5. The van der Waals surface area contributed by atoms with Crippen molar-refractivity contribution in [2.75, 3.05) is 20.8 Å². The van der Waals surface area contributed by atoms with E-state index in [2.05, 4.69) is 24.4 Å². The van der Waals surface area contributed by atoms with Crippen molar-refractivity contribution in [1.29, 1.82) is 0 Å². The van der Waals surface area contributed by atoms with E-state index in [1.54, 1.807) is 56.8 Å². The van der Waals surface area contributed by atoms with E-state index < -0.39 is 0 Å². The quantitative estimate of drug-likeness (QED) is 0.580. The number of carbonyl (C=O) groups is 1. The lowest BCUT2D eigenvalue weighted by molar-refractivity contribution is 0.0955. The van der Waals surface area contributed by atoms with Crippen molar-refractivity contribution < 1.29 is 19.0 Å². The third kappa shape index (κ3) is 5.51. The number of methoxy groups -OCH3 is 2. The number of amides is 1. The van der Waals surface area contributed by atoms with Crippen molar-refractivity contribution in [3.63, 3.8) is 0 Å². The van der Waals surface area contributed by atoms with Crippen LogP contribution >= 0.6 is 0 Å². The fraction of sp³-hybridized carbons (Fsp3) is 0.300. The molecule has 1 amide bonds. The van der Waals surface area contributed by atoms with Crippen LogP contribution in [0.15, 0.2) is 47.6 Å². The molecule has 0 radical (unpaired) electrons. The Balaban J connectivity index is 1.94. The maximum atomic E-state index is 12.1. The van der Waals surface area contributed by atoms with Gasteiger partial charge in [0.15, 0.2) is 11.5 Å². The standard InChI is InChI=1S/C20H24N2O4/c1-14(2)13-26-17-8-6-16(7-9-17)20(23)22-21-12-15-5-10-18(24-3)19(11-15)25-4/h5-12,14H,13H2,1-4H3,(H,22,23). The minimum atomic E-state index is -0.294. The van der Waals surface area contributed by atoms with Crippen LogP contribution in [0.5, 0.6) is 17.2 Å². The smallest absolute Gasteiger partial charge is 0.271 e. The first-order valence-corrected chi connectivity index (χ1v) is 8.31. The average molecular weight is 356 g/mol. The maximum absolute atomic E-state index is 12.1. The number of hydrogen-bond acceptors (Lipinski definition) is 5. The summed E-state index contributed by atoms with van der Waals surface area (Å²) in [5.74, 6) is 2.12. The van der Waals surface area contributed by atoms with Crippen molar-refractivity contribution in [3.8, 4) is 17.2 Å². The maximum Gasteiger partial charge on any atom is 0.271 e. The van der Waals surface area contributed by atoms with Crippen LogP contribution in [0, 0.1) is 5.92 Å². The van der Waals surface area contributed by atoms with E-state index in [-0.39, 0.29) is 5.91 Å². The zero-order valence-corrected chi connectivity index (χ0v) is 15.5. The highest BCUT2D eigenvalue weighted by Gasteiger charge is 2.06.